The van der Waals surface area contributed by atoms with Gasteiger partial charge in [-0.05, 0) is 42.8 Å². The highest BCUT2D eigenvalue weighted by atomic mass is 16.5. The van der Waals surface area contributed by atoms with E-state index < -0.39 is 0 Å². The summed E-state index contributed by atoms with van der Waals surface area (Å²) in [4.78, 5) is 28.0. The van der Waals surface area contributed by atoms with Crippen LogP contribution >= 0.6 is 0 Å². The smallest absolute Gasteiger partial charge is 0.254 e. The van der Waals surface area contributed by atoms with Crippen LogP contribution < -0.4 is 0 Å². The Labute approximate surface area is 173 Å². The number of carbonyl (C=O) groups is 1. The second-order valence-corrected chi connectivity index (χ2v) is 7.25. The molecular formula is C22H20N6O2. The molecule has 0 atom stereocenters. The van der Waals surface area contributed by atoms with Gasteiger partial charge in [0.25, 0.3) is 5.91 Å². The normalized spacial score (nSPS) is 14.2. The summed E-state index contributed by atoms with van der Waals surface area (Å²) >= 11 is 0. The van der Waals surface area contributed by atoms with E-state index in [0.717, 1.165) is 27.7 Å². The van der Waals surface area contributed by atoms with Gasteiger partial charge in [-0.3, -0.25) is 14.9 Å². The van der Waals surface area contributed by atoms with Crippen LogP contribution in [0.2, 0.25) is 0 Å². The molecule has 1 aromatic carbocycles. The highest BCUT2D eigenvalue weighted by Gasteiger charge is 2.20. The van der Waals surface area contributed by atoms with Crippen molar-refractivity contribution in [2.24, 2.45) is 0 Å². The van der Waals surface area contributed by atoms with Crippen molar-refractivity contribution < 1.29 is 9.53 Å². The predicted molar refractivity (Wildman–Crippen MR) is 112 cm³/mol. The van der Waals surface area contributed by atoms with E-state index >= 15 is 0 Å². The fourth-order valence-electron chi connectivity index (χ4n) is 3.54. The molecule has 0 aliphatic carbocycles. The molecule has 1 saturated heterocycles. The fourth-order valence-corrected chi connectivity index (χ4v) is 3.54. The minimum atomic E-state index is -0.00543. The minimum Gasteiger partial charge on any atom is -0.378 e. The molecule has 4 heterocycles. The lowest BCUT2D eigenvalue weighted by molar-refractivity contribution is 0.0303. The third-order valence-corrected chi connectivity index (χ3v) is 5.18. The number of amides is 1. The Balaban J connectivity index is 1.47. The molecule has 4 aromatic rings. The Morgan fingerprint density at radius 3 is 2.63 bits per heavy atom. The number of H-pyrrole nitrogens is 1. The Morgan fingerprint density at radius 2 is 1.87 bits per heavy atom. The van der Waals surface area contributed by atoms with Crippen LogP contribution in [0, 0.1) is 6.92 Å². The third kappa shape index (κ3) is 3.42. The second-order valence-electron chi connectivity index (χ2n) is 7.25. The van der Waals surface area contributed by atoms with Gasteiger partial charge in [-0.25, -0.2) is 9.97 Å². The summed E-state index contributed by atoms with van der Waals surface area (Å²) < 4.78 is 5.34. The number of fused-ring (bicyclic) bond motifs is 1. The fraction of sp³-hybridized carbons (Fsp3) is 0.227. The van der Waals surface area contributed by atoms with Gasteiger partial charge in [-0.15, -0.1) is 0 Å². The monoisotopic (exact) mass is 400 g/mol. The standard InChI is InChI=1S/C22H20N6O2/c1-14-4-5-23-19(10-14)16-12-24-21(25-13-16)20-17-11-15(2-3-18(17)26-27-20)22(29)28-6-8-30-9-7-28/h2-5,10-13H,6-9H2,1H3,(H,26,27). The molecule has 0 radical (unpaired) electrons. The average Bonchev–Trinajstić information content (AvgIpc) is 3.22. The topological polar surface area (TPSA) is 96.9 Å². The average molecular weight is 400 g/mol. The SMILES string of the molecule is Cc1ccnc(-c2cnc(-c3n[nH]c4ccc(C(=O)N5CCOCC5)cc34)nc2)c1. The van der Waals surface area contributed by atoms with Crippen LogP contribution in [-0.4, -0.2) is 62.3 Å². The van der Waals surface area contributed by atoms with Gasteiger partial charge in [0.15, 0.2) is 5.82 Å². The summed E-state index contributed by atoms with van der Waals surface area (Å²) in [5, 5.41) is 8.20. The molecule has 3 aromatic heterocycles. The highest BCUT2D eigenvalue weighted by molar-refractivity contribution is 6.01. The number of pyridine rings is 1. The van der Waals surface area contributed by atoms with Crippen LogP contribution in [-0.2, 0) is 4.74 Å². The van der Waals surface area contributed by atoms with E-state index in [0.29, 0.717) is 43.4 Å². The molecule has 1 aliphatic heterocycles. The largest absolute Gasteiger partial charge is 0.378 e. The number of nitrogens with zero attached hydrogens (tertiary/aromatic N) is 5. The zero-order valence-corrected chi connectivity index (χ0v) is 16.5. The van der Waals surface area contributed by atoms with E-state index in [-0.39, 0.29) is 5.91 Å². The number of benzene rings is 1. The van der Waals surface area contributed by atoms with E-state index in [1.54, 1.807) is 18.6 Å². The maximum Gasteiger partial charge on any atom is 0.254 e. The molecule has 5 rings (SSSR count). The van der Waals surface area contributed by atoms with Crippen molar-refractivity contribution in [3.05, 3.63) is 60.0 Å². The van der Waals surface area contributed by atoms with Crippen molar-refractivity contribution in [3.8, 4) is 22.8 Å². The zero-order chi connectivity index (χ0) is 20.5. The van der Waals surface area contributed by atoms with Crippen LogP contribution in [0.25, 0.3) is 33.7 Å². The molecule has 30 heavy (non-hydrogen) atoms. The predicted octanol–water partition coefficient (Wildman–Crippen LogP) is 2.86. The number of aromatic amines is 1. The van der Waals surface area contributed by atoms with E-state index in [1.807, 2.05) is 42.2 Å². The van der Waals surface area contributed by atoms with Crippen molar-refractivity contribution in [1.29, 1.82) is 0 Å². The van der Waals surface area contributed by atoms with Crippen molar-refractivity contribution in [1.82, 2.24) is 30.0 Å². The summed E-state index contributed by atoms with van der Waals surface area (Å²) in [5.74, 6) is 0.489. The molecule has 0 bridgehead atoms. The summed E-state index contributed by atoms with van der Waals surface area (Å²) in [6, 6.07) is 9.47. The molecule has 150 valence electrons. The molecular weight excluding hydrogens is 380 g/mol. The Kier molecular flexibility index (Phi) is 4.68. The minimum absolute atomic E-state index is 0.00543. The van der Waals surface area contributed by atoms with Gasteiger partial charge in [0, 0.05) is 48.2 Å². The number of aryl methyl sites for hydroxylation is 1. The highest BCUT2D eigenvalue weighted by Crippen LogP contribution is 2.26. The van der Waals surface area contributed by atoms with Crippen molar-refractivity contribution in [2.45, 2.75) is 6.92 Å². The summed E-state index contributed by atoms with van der Waals surface area (Å²) in [5.41, 5.74) is 4.85. The van der Waals surface area contributed by atoms with E-state index in [1.165, 1.54) is 0 Å². The van der Waals surface area contributed by atoms with Gasteiger partial charge >= 0.3 is 0 Å². The number of aromatic nitrogens is 5. The van der Waals surface area contributed by atoms with E-state index in [2.05, 4.69) is 25.1 Å². The molecule has 1 aliphatic rings. The van der Waals surface area contributed by atoms with Crippen molar-refractivity contribution in [3.63, 3.8) is 0 Å². The summed E-state index contributed by atoms with van der Waals surface area (Å²) in [7, 11) is 0. The first-order chi connectivity index (χ1) is 14.7. The molecule has 1 fully saturated rings. The van der Waals surface area contributed by atoms with Crippen LogP contribution in [0.1, 0.15) is 15.9 Å². The van der Waals surface area contributed by atoms with Crippen molar-refractivity contribution in [2.75, 3.05) is 26.3 Å². The summed E-state index contributed by atoms with van der Waals surface area (Å²) in [6.45, 7) is 4.37. The number of nitrogens with one attached hydrogen (secondary N) is 1. The molecule has 8 heteroatoms. The Morgan fingerprint density at radius 1 is 1.07 bits per heavy atom. The molecule has 0 spiro atoms. The number of hydrogen-bond donors (Lipinski definition) is 1. The summed E-state index contributed by atoms with van der Waals surface area (Å²) in [6.07, 6.45) is 5.26. The number of carbonyl (C=O) groups excluding carboxylic acids is 1. The number of ether oxygens (including phenoxy) is 1. The lowest BCUT2D eigenvalue weighted by Gasteiger charge is -2.26. The van der Waals surface area contributed by atoms with Crippen molar-refractivity contribution >= 4 is 16.8 Å². The Bertz CT molecular complexity index is 1210. The maximum absolute atomic E-state index is 12.8. The first-order valence-electron chi connectivity index (χ1n) is 9.79. The maximum atomic E-state index is 12.8. The van der Waals surface area contributed by atoms with Gasteiger partial charge in [0.05, 0.1) is 24.4 Å². The van der Waals surface area contributed by atoms with Gasteiger partial charge in [0.2, 0.25) is 0 Å². The molecule has 1 amide bonds. The Hall–Kier alpha value is -3.65. The van der Waals surface area contributed by atoms with Crippen LogP contribution in [0.3, 0.4) is 0 Å². The number of morpholine rings is 1. The van der Waals surface area contributed by atoms with Gasteiger partial charge in [0.1, 0.15) is 5.69 Å². The molecule has 0 unspecified atom stereocenters. The quantitative estimate of drug-likeness (QED) is 0.568. The lowest BCUT2D eigenvalue weighted by atomic mass is 10.1. The molecule has 1 N–H and O–H groups in total. The van der Waals surface area contributed by atoms with Gasteiger partial charge < -0.3 is 9.64 Å². The van der Waals surface area contributed by atoms with E-state index in [9.17, 15) is 4.79 Å². The second kappa shape index (κ2) is 7.64. The van der Waals surface area contributed by atoms with Crippen LogP contribution in [0.4, 0.5) is 0 Å². The number of rotatable bonds is 3. The zero-order valence-electron chi connectivity index (χ0n) is 16.5. The van der Waals surface area contributed by atoms with Gasteiger partial charge in [-0.1, -0.05) is 0 Å². The third-order valence-electron chi connectivity index (χ3n) is 5.18. The molecule has 8 nitrogen and oxygen atoms in total. The molecule has 0 saturated carbocycles. The first-order valence-corrected chi connectivity index (χ1v) is 9.79. The number of hydrogen-bond acceptors (Lipinski definition) is 6. The van der Waals surface area contributed by atoms with Crippen LogP contribution in [0.15, 0.2) is 48.9 Å². The van der Waals surface area contributed by atoms with E-state index in [4.69, 9.17) is 4.74 Å². The van der Waals surface area contributed by atoms with Crippen LogP contribution in [0.5, 0.6) is 0 Å². The van der Waals surface area contributed by atoms with Gasteiger partial charge in [-0.2, -0.15) is 5.10 Å². The lowest BCUT2D eigenvalue weighted by Crippen LogP contribution is -2.40. The first kappa shape index (κ1) is 18.4.